The van der Waals surface area contributed by atoms with Gasteiger partial charge in [-0.15, -0.1) is 0 Å². The van der Waals surface area contributed by atoms with Crippen LogP contribution in [0.4, 0.5) is 17.7 Å². The molecule has 412 valence electrons. The summed E-state index contributed by atoms with van der Waals surface area (Å²) < 4.78 is 109. The van der Waals surface area contributed by atoms with Crippen LogP contribution in [0.3, 0.4) is 0 Å². The molecule has 2 aliphatic rings. The van der Waals surface area contributed by atoms with E-state index in [2.05, 4.69) is 53.0 Å². The minimum atomic E-state index is -6.20. The Balaban J connectivity index is 0.932. The maximum atomic E-state index is 13.7. The lowest BCUT2D eigenvalue weighted by Gasteiger charge is -2.26. The number of nitrogens with one attached hydrogen (secondary N) is 2. The number of aliphatic hydroxyl groups excluding tert-OH is 4. The van der Waals surface area contributed by atoms with Crippen molar-refractivity contribution in [3.63, 3.8) is 0 Å². The van der Waals surface area contributed by atoms with Crippen molar-refractivity contribution < 1.29 is 108 Å². The van der Waals surface area contributed by atoms with Crippen LogP contribution in [-0.2, 0) is 71.0 Å². The predicted octanol–water partition coefficient (Wildman–Crippen LogP) is -4.46. The second-order valence-corrected chi connectivity index (χ2v) is 22.0. The highest BCUT2D eigenvalue weighted by molar-refractivity contribution is 7.66. The summed E-state index contributed by atoms with van der Waals surface area (Å²) in [5.74, 6) is -0.711. The smallest absolute Gasteiger partial charge is 0.394 e. The maximum Gasteiger partial charge on any atom is 0.490 e. The minimum absolute atomic E-state index is 0.00614. The number of methoxy groups -OCH3 is 1. The van der Waals surface area contributed by atoms with Crippen LogP contribution in [0.15, 0.2) is 34.9 Å². The van der Waals surface area contributed by atoms with Gasteiger partial charge in [0.2, 0.25) is 17.7 Å². The topological polar surface area (TPSA) is 562 Å². The third kappa shape index (κ3) is 12.0. The summed E-state index contributed by atoms with van der Waals surface area (Å²) in [6.45, 7) is -5.22. The van der Waals surface area contributed by atoms with Gasteiger partial charge in [-0.2, -0.15) is 13.6 Å². The lowest BCUT2D eigenvalue weighted by atomic mass is 10.1. The monoisotopic (exact) mass is 1150 g/mol. The molecule has 0 amide bonds. The number of phosphoric ester groups is 3. The van der Waals surface area contributed by atoms with E-state index in [0.717, 1.165) is 35.2 Å². The van der Waals surface area contributed by atoms with E-state index < -0.39 is 137 Å². The van der Waals surface area contributed by atoms with Gasteiger partial charge >= 0.3 is 36.9 Å². The molecule has 75 heavy (non-hydrogen) atoms. The number of hydrogen-bond acceptors (Lipinski definition) is 29. The average Bonchev–Trinajstić information content (AvgIpc) is 4.14. The first-order valence-electron chi connectivity index (χ1n) is 21.1. The fourth-order valence-electron chi connectivity index (χ4n) is 7.78. The van der Waals surface area contributed by atoms with Gasteiger partial charge < -0.3 is 76.1 Å². The van der Waals surface area contributed by atoms with Crippen molar-refractivity contribution in [2.45, 2.75) is 61.4 Å². The number of aryl methyl sites for hydroxylation is 1. The number of phosphoric acid groups is 4. The van der Waals surface area contributed by atoms with Crippen LogP contribution in [0.25, 0.3) is 33.5 Å². The quantitative estimate of drug-likeness (QED) is 0.0213. The highest BCUT2D eigenvalue weighted by atomic mass is 31.3. The number of ether oxygens (including phenoxy) is 4. The fourth-order valence-corrected chi connectivity index (χ4v) is 12.3. The van der Waals surface area contributed by atoms with Gasteiger partial charge in [0, 0.05) is 7.11 Å². The Labute approximate surface area is 415 Å². The zero-order chi connectivity index (χ0) is 54.5. The number of aromatic nitrogens is 12. The number of hydrogen-bond donors (Lipinski definition) is 13. The summed E-state index contributed by atoms with van der Waals surface area (Å²) in [6.07, 6.45) is -12.0. The van der Waals surface area contributed by atoms with E-state index in [4.69, 9.17) is 49.7 Å². The number of aromatic amines is 2. The van der Waals surface area contributed by atoms with E-state index in [9.17, 15) is 67.8 Å². The highest BCUT2D eigenvalue weighted by Gasteiger charge is 2.53. The number of rotatable bonds is 23. The molecule has 6 unspecified atom stereocenters. The molecule has 14 atom stereocenters. The molecule has 16 N–H and O–H groups in total. The first kappa shape index (κ1) is 56.1. The number of nitrogen functional groups attached to an aromatic ring is 3. The summed E-state index contributed by atoms with van der Waals surface area (Å²) in [5, 5.41) is 41.7. The van der Waals surface area contributed by atoms with Gasteiger partial charge in [-0.05, 0) is 0 Å². The molecule has 2 aliphatic heterocycles. The van der Waals surface area contributed by atoms with Crippen molar-refractivity contribution >= 4 is 82.5 Å². The Kier molecular flexibility index (Phi) is 16.2. The molecule has 0 saturated carbocycles. The summed E-state index contributed by atoms with van der Waals surface area (Å²) in [6, 6.07) is 0. The van der Waals surface area contributed by atoms with E-state index in [1.54, 1.807) is 0 Å². The maximum absolute atomic E-state index is 13.7. The molecule has 6 aromatic heterocycles. The molecule has 0 radical (unpaired) electrons. The van der Waals surface area contributed by atoms with E-state index in [0.29, 0.717) is 0 Å². The molecule has 0 bridgehead atoms. The van der Waals surface area contributed by atoms with Gasteiger partial charge in [-0.25, -0.2) is 42.8 Å². The van der Waals surface area contributed by atoms with Crippen molar-refractivity contribution in [1.82, 2.24) is 53.6 Å². The largest absolute Gasteiger partial charge is 0.490 e. The van der Waals surface area contributed by atoms with Crippen LogP contribution in [-0.4, -0.2) is 176 Å². The third-order valence-electron chi connectivity index (χ3n) is 11.0. The van der Waals surface area contributed by atoms with Gasteiger partial charge in [-0.1, -0.05) is 4.98 Å². The van der Waals surface area contributed by atoms with Crippen LogP contribution in [0.5, 0.6) is 0 Å². The van der Waals surface area contributed by atoms with Gasteiger partial charge in [-0.3, -0.25) is 51.4 Å². The first-order chi connectivity index (χ1) is 35.2. The van der Waals surface area contributed by atoms with Crippen molar-refractivity contribution in [3.05, 3.63) is 46.0 Å². The molecule has 2 saturated heterocycles. The molecule has 8 rings (SSSR count). The molecule has 6 aromatic rings. The summed E-state index contributed by atoms with van der Waals surface area (Å²) in [4.78, 5) is 95.5. The third-order valence-corrected chi connectivity index (χ3v) is 16.2. The highest BCUT2D eigenvalue weighted by Crippen LogP contribution is 2.68. The summed E-state index contributed by atoms with van der Waals surface area (Å²) >= 11 is 0. The number of fused-ring (bicyclic) bond motifs is 3. The number of aliphatic hydroxyl groups is 4. The van der Waals surface area contributed by atoms with E-state index >= 15 is 0 Å². The molecule has 0 aliphatic carbocycles. The second-order valence-electron chi connectivity index (χ2n) is 16.0. The number of H-pyrrole nitrogens is 2. The van der Waals surface area contributed by atoms with Gasteiger partial charge in [0.1, 0.15) is 61.2 Å². The molecule has 0 spiro atoms. The van der Waals surface area contributed by atoms with E-state index in [1.807, 2.05) is 0 Å². The predicted molar refractivity (Wildman–Crippen MR) is 241 cm³/mol. The van der Waals surface area contributed by atoms with Gasteiger partial charge in [0.05, 0.1) is 46.1 Å². The normalized spacial score (nSPS) is 26.3. The van der Waals surface area contributed by atoms with Crippen LogP contribution >= 0.6 is 31.3 Å². The zero-order valence-electron chi connectivity index (χ0n) is 38.2. The lowest BCUT2D eigenvalue weighted by molar-refractivity contribution is -0.746. The lowest BCUT2D eigenvalue weighted by Crippen LogP contribution is -2.46. The van der Waals surface area contributed by atoms with Gasteiger partial charge in [0.15, 0.2) is 41.4 Å². The van der Waals surface area contributed by atoms with Crippen molar-refractivity contribution in [1.29, 1.82) is 0 Å². The molecule has 8 heterocycles. The van der Waals surface area contributed by atoms with Crippen molar-refractivity contribution in [3.8, 4) is 0 Å². The van der Waals surface area contributed by atoms with E-state index in [-0.39, 0.29) is 51.2 Å². The number of nitrogens with two attached hydrogens (primary N) is 3. The van der Waals surface area contributed by atoms with Crippen LogP contribution < -0.4 is 32.9 Å². The first-order valence-corrected chi connectivity index (χ1v) is 27.1. The Morgan fingerprint density at radius 3 is 2.04 bits per heavy atom. The van der Waals surface area contributed by atoms with Crippen LogP contribution in [0, 0.1) is 0 Å². The van der Waals surface area contributed by atoms with Crippen LogP contribution in [0.2, 0.25) is 0 Å². The Morgan fingerprint density at radius 1 is 0.747 bits per heavy atom. The average molecular weight is 1150 g/mol. The second kappa shape index (κ2) is 21.7. The minimum Gasteiger partial charge on any atom is -0.394 e. The Morgan fingerprint density at radius 2 is 1.36 bits per heavy atom. The summed E-state index contributed by atoms with van der Waals surface area (Å²) in [5.41, 5.74) is 15.4. The standard InChI is InChI=1S/C32H45N15O24P4/c1-44-11-47(26-18(44)28(53)43-32(35)41-26)15(4-49)66-12(3-48)5-63-73(56,57)70-75(60,61)71-74(58,59)65-7-14-21(22(62-2)30(68-14)45-9-38-16-23(33)36-8-37-24(16)45)69-72(54,55)64-6-13-19(50)20(51)29(67-13)46-10-39-17-25(46)40-31(34)42-27(17)52/h8-15,19-22,29-30,48-51H,3-7H2,1-2H3,(H11-,33,34,35,36,37,40,41,42,43,52,53,54,55,56,57,58,59,60,61)/p+1/t12-,13+,14+,15+,19-,20?,21?,22-,29+,30+/m0/s1. The fraction of sp³-hybridized carbons (Fsp3) is 0.531. The molecule has 43 heteroatoms. The van der Waals surface area contributed by atoms with Crippen LogP contribution in [0.1, 0.15) is 18.7 Å². The molecule has 39 nitrogen and oxygen atoms in total. The molecule has 0 aromatic carbocycles. The number of imidazole rings is 3. The summed E-state index contributed by atoms with van der Waals surface area (Å²) in [7, 11) is -20.9. The number of nitrogens with zero attached hydrogens (tertiary/aromatic N) is 10. The van der Waals surface area contributed by atoms with Crippen molar-refractivity contribution in [2.75, 3.05) is 57.3 Å². The molecular formula is C32H46N15O24P4+. The molecule has 2 fully saturated rings. The van der Waals surface area contributed by atoms with Crippen molar-refractivity contribution in [2.24, 2.45) is 7.05 Å². The SMILES string of the molecule is CO[C@H]1C(OP(=O)(O)OC[C@H]2O[C@@H](n3cnc4c(=O)[nH]c(N)nc43)C(O)[C@H]2O)[C@@H](COP(=O)(O)OP(=O)(O)OP(=O)(O)OC[C@H](CO)O[C@H](CO)[n+]2cn(C)c3c(=O)[nH]c(N)nc32)O[C@H]1n1cnc2c(N)ncnc21. The zero-order valence-corrected chi connectivity index (χ0v) is 41.8. The number of anilines is 3. The Hall–Kier alpha value is -5.15. The van der Waals surface area contributed by atoms with Gasteiger partial charge in [0.25, 0.3) is 17.1 Å². The molecular weight excluding hydrogens is 1100 g/mol. The Bertz CT molecular complexity index is 3390. The van der Waals surface area contributed by atoms with E-state index in [1.165, 1.54) is 22.5 Å².